The Hall–Kier alpha value is -1.56. The number of hydrogen-bond donors (Lipinski definition) is 2. The van der Waals surface area contributed by atoms with Crippen molar-refractivity contribution in [2.24, 2.45) is 5.92 Å². The number of aromatic amines is 1. The lowest BCUT2D eigenvalue weighted by atomic mass is 10.1. The minimum absolute atomic E-state index is 0.0819. The third kappa shape index (κ3) is 4.05. The van der Waals surface area contributed by atoms with Crippen molar-refractivity contribution in [3.05, 3.63) is 22.8 Å². The van der Waals surface area contributed by atoms with Gasteiger partial charge in [-0.1, -0.05) is 36.7 Å². The lowest BCUT2D eigenvalue weighted by Gasteiger charge is -2.29. The molecule has 0 aliphatic carbocycles. The molecular weight excluding hydrogens is 356 g/mol. The molecule has 2 aromatic rings. The van der Waals surface area contributed by atoms with Gasteiger partial charge < -0.3 is 10.2 Å². The van der Waals surface area contributed by atoms with E-state index in [1.165, 1.54) is 0 Å². The van der Waals surface area contributed by atoms with Gasteiger partial charge in [0.2, 0.25) is 5.91 Å². The van der Waals surface area contributed by atoms with E-state index in [9.17, 15) is 4.79 Å². The molecule has 1 aromatic heterocycles. The van der Waals surface area contributed by atoms with Crippen molar-refractivity contribution in [3.63, 3.8) is 0 Å². The molecule has 0 saturated heterocycles. The first-order valence-corrected chi connectivity index (χ1v) is 8.90. The van der Waals surface area contributed by atoms with Crippen LogP contribution in [0.3, 0.4) is 0 Å². The molecule has 0 fully saturated rings. The highest BCUT2D eigenvalue weighted by Crippen LogP contribution is 2.27. The molecule has 1 atom stereocenters. The molecule has 0 aliphatic rings. The van der Waals surface area contributed by atoms with Gasteiger partial charge in [0.1, 0.15) is 0 Å². The van der Waals surface area contributed by atoms with Crippen molar-refractivity contribution >= 4 is 38.4 Å². The molecule has 1 unspecified atom stereocenters. The predicted molar refractivity (Wildman–Crippen MR) is 98.6 cm³/mol. The molecule has 0 spiro atoms. The Kier molecular flexibility index (Phi) is 6.04. The van der Waals surface area contributed by atoms with Crippen molar-refractivity contribution < 1.29 is 4.79 Å². The highest BCUT2D eigenvalue weighted by molar-refractivity contribution is 9.10. The highest BCUT2D eigenvalue weighted by Gasteiger charge is 2.22. The summed E-state index contributed by atoms with van der Waals surface area (Å²) in [6, 6.07) is 4.32. The molecule has 1 heterocycles. The molecule has 23 heavy (non-hydrogen) atoms. The molecule has 0 radical (unpaired) electrons. The number of hydrogen-bond acceptors (Lipinski definition) is 3. The van der Waals surface area contributed by atoms with E-state index in [1.54, 1.807) is 6.20 Å². The zero-order valence-electron chi connectivity index (χ0n) is 14.2. The Morgan fingerprint density at radius 3 is 2.74 bits per heavy atom. The van der Waals surface area contributed by atoms with Gasteiger partial charge in [0, 0.05) is 35.2 Å². The van der Waals surface area contributed by atoms with Gasteiger partial charge in [0.15, 0.2) is 0 Å². The summed E-state index contributed by atoms with van der Waals surface area (Å²) in [6.45, 7) is 6.81. The van der Waals surface area contributed by atoms with Crippen LogP contribution in [-0.2, 0) is 4.79 Å². The Labute approximate surface area is 145 Å². The summed E-state index contributed by atoms with van der Waals surface area (Å²) >= 11 is 3.50. The quantitative estimate of drug-likeness (QED) is 0.762. The topological polar surface area (TPSA) is 61.0 Å². The molecule has 1 aromatic carbocycles. The van der Waals surface area contributed by atoms with Crippen LogP contribution in [0.4, 0.5) is 5.69 Å². The first kappa shape index (κ1) is 17.8. The average Bonchev–Trinajstić information content (AvgIpc) is 3.00. The molecule has 0 aliphatic heterocycles. The van der Waals surface area contributed by atoms with E-state index in [1.807, 2.05) is 31.0 Å². The SMILES string of the molecule is CCC(CC)N(C)C(=O)C(C)CNc1cc(Br)cc2[nH]ncc12. The number of carbonyl (C=O) groups is 1. The summed E-state index contributed by atoms with van der Waals surface area (Å²) in [4.78, 5) is 14.5. The average molecular weight is 381 g/mol. The van der Waals surface area contributed by atoms with E-state index in [4.69, 9.17) is 0 Å². The normalized spacial score (nSPS) is 12.6. The van der Waals surface area contributed by atoms with Crippen molar-refractivity contribution in [1.29, 1.82) is 0 Å². The summed E-state index contributed by atoms with van der Waals surface area (Å²) in [5.74, 6) is 0.103. The molecule has 2 rings (SSSR count). The summed E-state index contributed by atoms with van der Waals surface area (Å²) in [5.41, 5.74) is 1.95. The molecule has 5 nitrogen and oxygen atoms in total. The van der Waals surface area contributed by atoms with Crippen molar-refractivity contribution in [1.82, 2.24) is 15.1 Å². The number of carbonyl (C=O) groups excluding carboxylic acids is 1. The van der Waals surface area contributed by atoms with Crippen LogP contribution in [0.2, 0.25) is 0 Å². The zero-order valence-corrected chi connectivity index (χ0v) is 15.8. The third-order valence-corrected chi connectivity index (χ3v) is 4.84. The maximum atomic E-state index is 12.6. The number of fused-ring (bicyclic) bond motifs is 1. The van der Waals surface area contributed by atoms with Gasteiger partial charge in [0.05, 0.1) is 17.6 Å². The lowest BCUT2D eigenvalue weighted by molar-refractivity contribution is -0.135. The molecular formula is C17H25BrN4O. The van der Waals surface area contributed by atoms with Crippen LogP contribution >= 0.6 is 15.9 Å². The van der Waals surface area contributed by atoms with Gasteiger partial charge in [-0.3, -0.25) is 9.89 Å². The number of nitrogens with zero attached hydrogens (tertiary/aromatic N) is 2. The number of halogens is 1. The number of nitrogens with one attached hydrogen (secondary N) is 2. The minimum Gasteiger partial charge on any atom is -0.384 e. The van der Waals surface area contributed by atoms with Crippen LogP contribution in [0.15, 0.2) is 22.8 Å². The molecule has 0 saturated carbocycles. The van der Waals surface area contributed by atoms with E-state index >= 15 is 0 Å². The van der Waals surface area contributed by atoms with Gasteiger partial charge in [-0.15, -0.1) is 0 Å². The van der Waals surface area contributed by atoms with Crippen LogP contribution in [0, 0.1) is 5.92 Å². The van der Waals surface area contributed by atoms with E-state index in [0.29, 0.717) is 12.6 Å². The van der Waals surface area contributed by atoms with E-state index in [0.717, 1.165) is 33.9 Å². The third-order valence-electron chi connectivity index (χ3n) is 4.38. The monoisotopic (exact) mass is 380 g/mol. The van der Waals surface area contributed by atoms with Gasteiger partial charge >= 0.3 is 0 Å². The Morgan fingerprint density at radius 1 is 1.39 bits per heavy atom. The number of amides is 1. The fourth-order valence-corrected chi connectivity index (χ4v) is 3.33. The molecule has 2 N–H and O–H groups in total. The van der Waals surface area contributed by atoms with Gasteiger partial charge in [-0.05, 0) is 25.0 Å². The number of anilines is 1. The number of aromatic nitrogens is 2. The van der Waals surface area contributed by atoms with Crippen molar-refractivity contribution in [3.8, 4) is 0 Å². The van der Waals surface area contributed by atoms with Gasteiger partial charge in [-0.2, -0.15) is 5.10 Å². The number of H-pyrrole nitrogens is 1. The minimum atomic E-state index is -0.0819. The van der Waals surface area contributed by atoms with Crippen molar-refractivity contribution in [2.45, 2.75) is 39.7 Å². The fraction of sp³-hybridized carbons (Fsp3) is 0.529. The Bertz CT molecular complexity index is 666. The van der Waals surface area contributed by atoms with Crippen LogP contribution in [-0.4, -0.2) is 40.6 Å². The van der Waals surface area contributed by atoms with E-state index in [-0.39, 0.29) is 11.8 Å². The maximum absolute atomic E-state index is 12.6. The predicted octanol–water partition coefficient (Wildman–Crippen LogP) is 4.02. The smallest absolute Gasteiger partial charge is 0.227 e. The van der Waals surface area contributed by atoms with E-state index < -0.39 is 0 Å². The van der Waals surface area contributed by atoms with E-state index in [2.05, 4.69) is 45.3 Å². The molecule has 6 heteroatoms. The van der Waals surface area contributed by atoms with Gasteiger partial charge in [0.25, 0.3) is 0 Å². The number of benzene rings is 1. The molecule has 1 amide bonds. The zero-order chi connectivity index (χ0) is 17.0. The van der Waals surface area contributed by atoms with Crippen LogP contribution in [0.1, 0.15) is 33.6 Å². The summed E-state index contributed by atoms with van der Waals surface area (Å²) in [6.07, 6.45) is 3.77. The summed E-state index contributed by atoms with van der Waals surface area (Å²) < 4.78 is 0.977. The second-order valence-corrected chi connectivity index (χ2v) is 6.90. The summed E-state index contributed by atoms with van der Waals surface area (Å²) in [7, 11) is 1.91. The number of rotatable bonds is 7. The van der Waals surface area contributed by atoms with Crippen molar-refractivity contribution in [2.75, 3.05) is 18.9 Å². The standard InChI is InChI=1S/C17H25BrN4O/c1-5-13(6-2)22(4)17(23)11(3)9-19-15-7-12(18)8-16-14(15)10-20-21-16/h7-8,10-11,13,19H,5-6,9H2,1-4H3,(H,20,21). The largest absolute Gasteiger partial charge is 0.384 e. The Balaban J connectivity index is 2.04. The van der Waals surface area contributed by atoms with Gasteiger partial charge in [-0.25, -0.2) is 0 Å². The first-order chi connectivity index (χ1) is 11.0. The fourth-order valence-electron chi connectivity index (χ4n) is 2.88. The first-order valence-electron chi connectivity index (χ1n) is 8.11. The Morgan fingerprint density at radius 2 is 2.09 bits per heavy atom. The second kappa shape index (κ2) is 7.81. The second-order valence-electron chi connectivity index (χ2n) is 5.99. The molecule has 0 bridgehead atoms. The lowest BCUT2D eigenvalue weighted by Crippen LogP contribution is -2.41. The van der Waals surface area contributed by atoms with Crippen LogP contribution < -0.4 is 5.32 Å². The van der Waals surface area contributed by atoms with Crippen LogP contribution in [0.25, 0.3) is 10.9 Å². The molecule has 126 valence electrons. The maximum Gasteiger partial charge on any atom is 0.227 e. The highest BCUT2D eigenvalue weighted by atomic mass is 79.9. The summed E-state index contributed by atoms with van der Waals surface area (Å²) in [5, 5.41) is 11.5. The van der Waals surface area contributed by atoms with Crippen LogP contribution in [0.5, 0.6) is 0 Å².